The molecule has 1 aliphatic rings. The number of benzene rings is 2. The quantitative estimate of drug-likeness (QED) is 0.297. The van der Waals surface area contributed by atoms with Gasteiger partial charge in [-0.2, -0.15) is 23.1 Å². The molecule has 0 aliphatic carbocycles. The Morgan fingerprint density at radius 3 is 2.46 bits per heavy atom. The summed E-state index contributed by atoms with van der Waals surface area (Å²) in [5, 5.41) is 6.33. The van der Waals surface area contributed by atoms with Gasteiger partial charge in [-0.1, -0.05) is 12.1 Å². The summed E-state index contributed by atoms with van der Waals surface area (Å²) in [6.07, 6.45) is -0.616. The second-order valence-electron chi connectivity index (χ2n) is 9.22. The second-order valence-corrected chi connectivity index (χ2v) is 9.22. The van der Waals surface area contributed by atoms with Gasteiger partial charge in [0.15, 0.2) is 17.0 Å². The number of halogens is 3. The number of hydrogen-bond donors (Lipinski definition) is 2. The molecule has 39 heavy (non-hydrogen) atoms. The zero-order valence-corrected chi connectivity index (χ0v) is 21.3. The fourth-order valence-corrected chi connectivity index (χ4v) is 4.45. The molecule has 12 heteroatoms. The van der Waals surface area contributed by atoms with Gasteiger partial charge >= 0.3 is 6.18 Å². The number of likely N-dealkylation sites (tertiary alicyclic amines) is 1. The van der Waals surface area contributed by atoms with E-state index >= 15 is 0 Å². The third-order valence-electron chi connectivity index (χ3n) is 6.58. The molecule has 0 unspecified atom stereocenters. The molecule has 204 valence electrons. The number of rotatable bonds is 10. The standard InChI is InChI=1S/C27H28F3N7O2/c1-39-21-10-4-18(5-11-21)12-13-31-24-23-25(37(17-32-23)16-15-36-14-2-3-22(36)38)35-26(34-24)33-20-8-6-19(7-9-20)27(28,29)30/h4-11,17H,2-3,12-16H2,1H3,(H2,31,33,34,35). The Bertz CT molecular complexity index is 1440. The summed E-state index contributed by atoms with van der Waals surface area (Å²) < 4.78 is 46.0. The zero-order chi connectivity index (χ0) is 27.4. The number of carbonyl (C=O) groups excluding carboxylic acids is 1. The number of amides is 1. The van der Waals surface area contributed by atoms with E-state index in [1.54, 1.807) is 13.4 Å². The maximum absolute atomic E-state index is 13.0. The Hall–Kier alpha value is -4.35. The molecule has 5 rings (SSSR count). The molecule has 2 aromatic carbocycles. The van der Waals surface area contributed by atoms with Crippen LogP contribution in [0.5, 0.6) is 5.75 Å². The average Bonchev–Trinajstić information content (AvgIpc) is 3.53. The van der Waals surface area contributed by atoms with Gasteiger partial charge in [0.1, 0.15) is 5.75 Å². The average molecular weight is 540 g/mol. The van der Waals surface area contributed by atoms with Crippen LogP contribution in [-0.2, 0) is 23.9 Å². The van der Waals surface area contributed by atoms with E-state index in [0.717, 1.165) is 42.8 Å². The highest BCUT2D eigenvalue weighted by molar-refractivity contribution is 5.85. The number of nitrogens with one attached hydrogen (secondary N) is 2. The van der Waals surface area contributed by atoms with Gasteiger partial charge in [-0.25, -0.2) is 4.98 Å². The minimum absolute atomic E-state index is 0.139. The number of anilines is 3. The molecule has 1 aliphatic heterocycles. The highest BCUT2D eigenvalue weighted by Crippen LogP contribution is 2.30. The van der Waals surface area contributed by atoms with Crippen molar-refractivity contribution in [2.45, 2.75) is 32.0 Å². The van der Waals surface area contributed by atoms with Gasteiger partial charge < -0.3 is 24.8 Å². The Kier molecular flexibility index (Phi) is 7.53. The second kappa shape index (κ2) is 11.2. The van der Waals surface area contributed by atoms with Crippen molar-refractivity contribution in [3.05, 3.63) is 66.0 Å². The van der Waals surface area contributed by atoms with Crippen LogP contribution in [0.1, 0.15) is 24.0 Å². The predicted molar refractivity (Wildman–Crippen MR) is 141 cm³/mol. The van der Waals surface area contributed by atoms with E-state index in [1.165, 1.54) is 12.1 Å². The van der Waals surface area contributed by atoms with Crippen LogP contribution < -0.4 is 15.4 Å². The molecule has 2 N–H and O–H groups in total. The number of methoxy groups -OCH3 is 1. The first-order valence-electron chi connectivity index (χ1n) is 12.6. The molecule has 9 nitrogen and oxygen atoms in total. The zero-order valence-electron chi connectivity index (χ0n) is 21.3. The van der Waals surface area contributed by atoms with E-state index in [1.807, 2.05) is 33.7 Å². The Morgan fingerprint density at radius 2 is 1.79 bits per heavy atom. The highest BCUT2D eigenvalue weighted by Gasteiger charge is 2.30. The summed E-state index contributed by atoms with van der Waals surface area (Å²) in [4.78, 5) is 27.6. The van der Waals surface area contributed by atoms with Gasteiger partial charge in [-0.05, 0) is 54.8 Å². The summed E-state index contributed by atoms with van der Waals surface area (Å²) in [7, 11) is 1.62. The van der Waals surface area contributed by atoms with Gasteiger partial charge in [-0.15, -0.1) is 0 Å². The third-order valence-corrected chi connectivity index (χ3v) is 6.58. The summed E-state index contributed by atoms with van der Waals surface area (Å²) in [6, 6.07) is 12.5. The molecule has 2 aromatic heterocycles. The van der Waals surface area contributed by atoms with Crippen molar-refractivity contribution in [2.24, 2.45) is 0 Å². The molecule has 1 fully saturated rings. The molecule has 0 bridgehead atoms. The normalized spacial score (nSPS) is 13.7. The molecule has 0 atom stereocenters. The molecule has 1 saturated heterocycles. The number of fused-ring (bicyclic) bond motifs is 1. The lowest BCUT2D eigenvalue weighted by molar-refractivity contribution is -0.137. The lowest BCUT2D eigenvalue weighted by Gasteiger charge is -2.16. The van der Waals surface area contributed by atoms with Crippen molar-refractivity contribution in [2.75, 3.05) is 37.4 Å². The maximum Gasteiger partial charge on any atom is 0.416 e. The SMILES string of the molecule is COc1ccc(CCNc2nc(Nc3ccc(C(F)(F)F)cc3)nc3c2ncn3CCN2CCCC2=O)cc1. The Labute approximate surface area is 223 Å². The number of aromatic nitrogens is 4. The molecule has 1 amide bonds. The fraction of sp³-hybridized carbons (Fsp3) is 0.333. The van der Waals surface area contributed by atoms with Crippen molar-refractivity contribution in [1.29, 1.82) is 0 Å². The smallest absolute Gasteiger partial charge is 0.416 e. The van der Waals surface area contributed by atoms with E-state index in [4.69, 9.17) is 4.74 Å². The van der Waals surface area contributed by atoms with Crippen LogP contribution >= 0.6 is 0 Å². The summed E-state index contributed by atoms with van der Waals surface area (Å²) in [5.41, 5.74) is 1.91. The summed E-state index contributed by atoms with van der Waals surface area (Å²) in [5.74, 6) is 1.64. The van der Waals surface area contributed by atoms with E-state index in [2.05, 4.69) is 25.6 Å². The monoisotopic (exact) mass is 539 g/mol. The number of alkyl halides is 3. The first-order valence-corrected chi connectivity index (χ1v) is 12.6. The molecule has 0 radical (unpaired) electrons. The largest absolute Gasteiger partial charge is 0.497 e. The number of imidazole rings is 1. The molecular formula is C27H28F3N7O2. The summed E-state index contributed by atoms with van der Waals surface area (Å²) in [6.45, 7) is 2.34. The van der Waals surface area contributed by atoms with Crippen LogP contribution in [0.15, 0.2) is 54.9 Å². The van der Waals surface area contributed by atoms with Crippen molar-refractivity contribution >= 4 is 34.5 Å². The van der Waals surface area contributed by atoms with Crippen LogP contribution in [0.2, 0.25) is 0 Å². The van der Waals surface area contributed by atoms with Gasteiger partial charge in [0.25, 0.3) is 0 Å². The number of carbonyl (C=O) groups is 1. The minimum Gasteiger partial charge on any atom is -0.497 e. The highest BCUT2D eigenvalue weighted by atomic mass is 19.4. The summed E-state index contributed by atoms with van der Waals surface area (Å²) >= 11 is 0. The van der Waals surface area contributed by atoms with Crippen molar-refractivity contribution in [3.63, 3.8) is 0 Å². The van der Waals surface area contributed by atoms with E-state index in [9.17, 15) is 18.0 Å². The number of ether oxygens (including phenoxy) is 1. The topological polar surface area (TPSA) is 97.2 Å². The van der Waals surface area contributed by atoms with Crippen LogP contribution in [0.4, 0.5) is 30.6 Å². The molecule has 3 heterocycles. The lowest BCUT2D eigenvalue weighted by atomic mass is 10.1. The fourth-order valence-electron chi connectivity index (χ4n) is 4.45. The van der Waals surface area contributed by atoms with Crippen LogP contribution in [0.25, 0.3) is 11.2 Å². The Morgan fingerprint density at radius 1 is 1.03 bits per heavy atom. The molecular weight excluding hydrogens is 511 g/mol. The van der Waals surface area contributed by atoms with Crippen LogP contribution in [0.3, 0.4) is 0 Å². The van der Waals surface area contributed by atoms with E-state index in [0.29, 0.717) is 48.7 Å². The van der Waals surface area contributed by atoms with Gasteiger partial charge in [0.05, 0.1) is 19.0 Å². The Balaban J connectivity index is 1.38. The van der Waals surface area contributed by atoms with Gasteiger partial charge in [-0.3, -0.25) is 4.79 Å². The number of nitrogens with zero attached hydrogens (tertiary/aromatic N) is 5. The van der Waals surface area contributed by atoms with E-state index < -0.39 is 11.7 Å². The van der Waals surface area contributed by atoms with Crippen LogP contribution in [-0.4, -0.2) is 57.1 Å². The molecule has 0 spiro atoms. The lowest BCUT2D eigenvalue weighted by Crippen LogP contribution is -2.28. The van der Waals surface area contributed by atoms with E-state index in [-0.39, 0.29) is 11.9 Å². The number of hydrogen-bond acceptors (Lipinski definition) is 7. The maximum atomic E-state index is 13.0. The minimum atomic E-state index is -4.42. The molecule has 4 aromatic rings. The van der Waals surface area contributed by atoms with Crippen molar-refractivity contribution < 1.29 is 22.7 Å². The molecule has 0 saturated carbocycles. The van der Waals surface area contributed by atoms with Crippen LogP contribution in [0, 0.1) is 0 Å². The first-order chi connectivity index (χ1) is 18.8. The van der Waals surface area contributed by atoms with Crippen molar-refractivity contribution in [3.8, 4) is 5.75 Å². The van der Waals surface area contributed by atoms with Gasteiger partial charge in [0, 0.05) is 38.3 Å². The first kappa shape index (κ1) is 26.3. The van der Waals surface area contributed by atoms with Crippen molar-refractivity contribution in [1.82, 2.24) is 24.4 Å². The third kappa shape index (κ3) is 6.21. The predicted octanol–water partition coefficient (Wildman–Crippen LogP) is 4.87. The van der Waals surface area contributed by atoms with Gasteiger partial charge in [0.2, 0.25) is 11.9 Å².